The summed E-state index contributed by atoms with van der Waals surface area (Å²) in [5, 5.41) is 3.27. The molecule has 2 aliphatic rings. The molecular weight excluding hydrogens is 380 g/mol. The number of methoxy groups -OCH3 is 1. The predicted molar refractivity (Wildman–Crippen MR) is 97.2 cm³/mol. The first-order valence-corrected chi connectivity index (χ1v) is 8.77. The number of hydrogen-bond acceptors (Lipinski definition) is 3. The van der Waals surface area contributed by atoms with Gasteiger partial charge >= 0.3 is 0 Å². The smallest absolute Gasteiger partial charge is 0.252 e. The quantitative estimate of drug-likeness (QED) is 0.811. The van der Waals surface area contributed by atoms with Crippen LogP contribution >= 0.6 is 28.3 Å². The van der Waals surface area contributed by atoms with E-state index >= 15 is 0 Å². The first-order valence-electron chi connectivity index (χ1n) is 7.98. The number of carbonyl (C=O) groups excluding carboxylic acids is 1. The summed E-state index contributed by atoms with van der Waals surface area (Å²) in [7, 11) is 1.61. The molecule has 0 spiro atoms. The van der Waals surface area contributed by atoms with Crippen molar-refractivity contribution in [3.8, 4) is 5.75 Å². The summed E-state index contributed by atoms with van der Waals surface area (Å²) < 4.78 is 6.02. The van der Waals surface area contributed by atoms with Crippen LogP contribution < -0.4 is 15.8 Å². The lowest BCUT2D eigenvalue weighted by molar-refractivity contribution is 0.0755. The van der Waals surface area contributed by atoms with E-state index < -0.39 is 0 Å². The van der Waals surface area contributed by atoms with E-state index in [4.69, 9.17) is 10.5 Å². The Morgan fingerprint density at radius 3 is 2.57 bits per heavy atom. The molecule has 1 aromatic rings. The van der Waals surface area contributed by atoms with E-state index in [2.05, 4.69) is 21.2 Å². The average molecular weight is 404 g/mol. The highest BCUT2D eigenvalue weighted by Gasteiger charge is 2.40. The summed E-state index contributed by atoms with van der Waals surface area (Å²) >= 11 is 3.46. The van der Waals surface area contributed by atoms with Gasteiger partial charge in [0.05, 0.1) is 12.7 Å². The van der Waals surface area contributed by atoms with E-state index in [0.29, 0.717) is 29.2 Å². The zero-order chi connectivity index (χ0) is 15.7. The van der Waals surface area contributed by atoms with Crippen LogP contribution in [0, 0.1) is 11.8 Å². The van der Waals surface area contributed by atoms with Crippen LogP contribution in [0.1, 0.15) is 42.5 Å². The molecule has 0 radical (unpaired) electrons. The molecule has 2 unspecified atom stereocenters. The highest BCUT2D eigenvalue weighted by Crippen LogP contribution is 2.40. The molecule has 4 nitrogen and oxygen atoms in total. The van der Waals surface area contributed by atoms with E-state index in [1.165, 1.54) is 19.3 Å². The summed E-state index contributed by atoms with van der Waals surface area (Å²) in [4.78, 5) is 12.7. The molecule has 2 bridgehead atoms. The predicted octanol–water partition coefficient (Wildman–Crippen LogP) is 3.52. The van der Waals surface area contributed by atoms with Crippen LogP contribution in [0.25, 0.3) is 0 Å². The second-order valence-electron chi connectivity index (χ2n) is 6.53. The molecule has 2 fully saturated rings. The molecule has 2 aliphatic carbocycles. The van der Waals surface area contributed by atoms with Gasteiger partial charge < -0.3 is 15.8 Å². The van der Waals surface area contributed by atoms with Gasteiger partial charge in [-0.2, -0.15) is 0 Å². The van der Waals surface area contributed by atoms with Crippen LogP contribution in [0.15, 0.2) is 22.7 Å². The number of carbonyl (C=O) groups is 1. The van der Waals surface area contributed by atoms with E-state index in [1.54, 1.807) is 13.2 Å². The summed E-state index contributed by atoms with van der Waals surface area (Å²) in [6, 6.07) is 6.04. The Morgan fingerprint density at radius 1 is 1.30 bits per heavy atom. The fourth-order valence-electron chi connectivity index (χ4n) is 4.06. The lowest BCUT2D eigenvalue weighted by Gasteiger charge is -2.45. The molecule has 23 heavy (non-hydrogen) atoms. The zero-order valence-corrected chi connectivity index (χ0v) is 15.7. The van der Waals surface area contributed by atoms with Crippen molar-refractivity contribution in [1.29, 1.82) is 0 Å². The second-order valence-corrected chi connectivity index (χ2v) is 7.38. The molecule has 3 rings (SSSR count). The van der Waals surface area contributed by atoms with Crippen LogP contribution in [0.5, 0.6) is 5.75 Å². The van der Waals surface area contributed by atoms with Crippen molar-refractivity contribution in [3.63, 3.8) is 0 Å². The summed E-state index contributed by atoms with van der Waals surface area (Å²) in [5.41, 5.74) is 6.79. The molecule has 0 heterocycles. The minimum absolute atomic E-state index is 0. The molecule has 2 saturated carbocycles. The third kappa shape index (κ3) is 4.01. The van der Waals surface area contributed by atoms with Crippen molar-refractivity contribution in [2.24, 2.45) is 17.6 Å². The largest absolute Gasteiger partial charge is 0.497 e. The lowest BCUT2D eigenvalue weighted by Crippen LogP contribution is -2.53. The molecule has 128 valence electrons. The van der Waals surface area contributed by atoms with Crippen LogP contribution in [-0.4, -0.2) is 25.1 Å². The van der Waals surface area contributed by atoms with Crippen LogP contribution in [0.2, 0.25) is 0 Å². The Balaban J connectivity index is 0.00000192. The van der Waals surface area contributed by atoms with Gasteiger partial charge in [-0.25, -0.2) is 0 Å². The summed E-state index contributed by atoms with van der Waals surface area (Å²) in [6.45, 7) is 0. The molecule has 0 saturated heterocycles. The van der Waals surface area contributed by atoms with Crippen molar-refractivity contribution in [1.82, 2.24) is 5.32 Å². The van der Waals surface area contributed by atoms with Crippen LogP contribution in [0.4, 0.5) is 0 Å². The standard InChI is InChI=1S/C17H23BrN2O2.ClH/c1-22-13-5-6-15(18)14(9-13)17(21)20-16-10-3-2-4-11(16)8-12(19)7-10;/h5-6,9-12,16H,2-4,7-8,19H2,1H3,(H,20,21);1H. The molecule has 6 heteroatoms. The third-order valence-corrected chi connectivity index (χ3v) is 5.78. The van der Waals surface area contributed by atoms with Gasteiger partial charge in [0, 0.05) is 16.6 Å². The zero-order valence-electron chi connectivity index (χ0n) is 13.3. The molecule has 2 atom stereocenters. The maximum atomic E-state index is 12.7. The van der Waals surface area contributed by atoms with Crippen molar-refractivity contribution >= 4 is 34.2 Å². The van der Waals surface area contributed by atoms with E-state index in [-0.39, 0.29) is 24.4 Å². The van der Waals surface area contributed by atoms with Gasteiger partial charge in [0.15, 0.2) is 0 Å². The maximum Gasteiger partial charge on any atom is 0.252 e. The molecule has 0 aromatic heterocycles. The lowest BCUT2D eigenvalue weighted by atomic mass is 9.67. The van der Waals surface area contributed by atoms with Crippen LogP contribution in [0.3, 0.4) is 0 Å². The minimum Gasteiger partial charge on any atom is -0.497 e. The molecule has 3 N–H and O–H groups in total. The number of ether oxygens (including phenoxy) is 1. The maximum absolute atomic E-state index is 12.7. The highest BCUT2D eigenvalue weighted by atomic mass is 79.9. The minimum atomic E-state index is -0.0249. The number of amides is 1. The van der Waals surface area contributed by atoms with Gasteiger partial charge in [-0.15, -0.1) is 12.4 Å². The number of halogens is 2. The third-order valence-electron chi connectivity index (χ3n) is 5.09. The Hall–Kier alpha value is -0.780. The van der Waals surface area contributed by atoms with Gasteiger partial charge in [0.2, 0.25) is 0 Å². The Bertz CT molecular complexity index is 556. The van der Waals surface area contributed by atoms with Crippen LogP contribution in [-0.2, 0) is 0 Å². The fourth-order valence-corrected chi connectivity index (χ4v) is 4.49. The fraction of sp³-hybridized carbons (Fsp3) is 0.588. The van der Waals surface area contributed by atoms with E-state index in [0.717, 1.165) is 17.3 Å². The molecular formula is C17H24BrClN2O2. The Labute approximate surface area is 152 Å². The Morgan fingerprint density at radius 2 is 1.96 bits per heavy atom. The van der Waals surface area contributed by atoms with Gasteiger partial charge in [0.25, 0.3) is 5.91 Å². The summed E-state index contributed by atoms with van der Waals surface area (Å²) in [6.07, 6.45) is 5.67. The van der Waals surface area contributed by atoms with Crippen molar-refractivity contribution < 1.29 is 9.53 Å². The average Bonchev–Trinajstić information content (AvgIpc) is 2.48. The van der Waals surface area contributed by atoms with Crippen molar-refractivity contribution in [2.75, 3.05) is 7.11 Å². The van der Waals surface area contributed by atoms with E-state index in [9.17, 15) is 4.79 Å². The van der Waals surface area contributed by atoms with Crippen molar-refractivity contribution in [2.45, 2.75) is 44.2 Å². The SMILES string of the molecule is COc1ccc(Br)c(C(=O)NC2C3CCCC2CC(N)C3)c1.Cl. The van der Waals surface area contributed by atoms with Gasteiger partial charge in [-0.1, -0.05) is 6.42 Å². The molecule has 0 aliphatic heterocycles. The first-order chi connectivity index (χ1) is 10.6. The summed E-state index contributed by atoms with van der Waals surface area (Å²) in [5.74, 6) is 1.72. The second kappa shape index (κ2) is 7.86. The normalized spacial score (nSPS) is 29.3. The topological polar surface area (TPSA) is 64.3 Å². The number of nitrogens with two attached hydrogens (primary N) is 1. The molecule has 1 aromatic carbocycles. The Kier molecular flexibility index (Phi) is 6.34. The monoisotopic (exact) mass is 402 g/mol. The first kappa shape index (κ1) is 18.6. The number of rotatable bonds is 3. The number of nitrogens with one attached hydrogen (secondary N) is 1. The van der Waals surface area contributed by atoms with Gasteiger partial charge in [-0.3, -0.25) is 4.79 Å². The van der Waals surface area contributed by atoms with Crippen molar-refractivity contribution in [3.05, 3.63) is 28.2 Å². The highest BCUT2D eigenvalue weighted by molar-refractivity contribution is 9.10. The van der Waals surface area contributed by atoms with Gasteiger partial charge in [-0.05, 0) is 71.6 Å². The van der Waals surface area contributed by atoms with Gasteiger partial charge in [0.1, 0.15) is 5.75 Å². The molecule has 1 amide bonds. The number of fused-ring (bicyclic) bond motifs is 2. The van der Waals surface area contributed by atoms with E-state index in [1.807, 2.05) is 12.1 Å². The number of hydrogen-bond donors (Lipinski definition) is 2. The number of benzene rings is 1.